The molecule has 0 aliphatic rings. The summed E-state index contributed by atoms with van der Waals surface area (Å²) in [5.74, 6) is -0.374. The van der Waals surface area contributed by atoms with Crippen molar-refractivity contribution in [3.63, 3.8) is 0 Å². The fraction of sp³-hybridized carbons (Fsp3) is 0.364. The first-order valence-corrected chi connectivity index (χ1v) is 6.02. The highest BCUT2D eigenvalue weighted by molar-refractivity contribution is 9.10. The zero-order chi connectivity index (χ0) is 13.1. The summed E-state index contributed by atoms with van der Waals surface area (Å²) < 4.78 is 36.4. The molecule has 0 bridgehead atoms. The molecule has 0 saturated heterocycles. The van der Waals surface area contributed by atoms with E-state index >= 15 is 0 Å². The molecule has 0 aliphatic heterocycles. The van der Waals surface area contributed by atoms with Crippen molar-refractivity contribution < 1.29 is 18.0 Å². The summed E-state index contributed by atoms with van der Waals surface area (Å²) in [4.78, 5) is 11.6. The minimum atomic E-state index is -4.22. The first kappa shape index (κ1) is 14.5. The smallest absolute Gasteiger partial charge is 0.294 e. The van der Waals surface area contributed by atoms with Crippen molar-refractivity contribution in [3.8, 4) is 0 Å². The van der Waals surface area contributed by atoms with Crippen LogP contribution >= 0.6 is 27.5 Å². The SMILES string of the molecule is O=C(CCCC(F)(F)F)c1cc(Br)ccc1Cl. The molecule has 1 aromatic rings. The first-order valence-electron chi connectivity index (χ1n) is 4.84. The molecule has 0 fully saturated rings. The van der Waals surface area contributed by atoms with E-state index in [1.807, 2.05) is 0 Å². The van der Waals surface area contributed by atoms with Crippen molar-refractivity contribution in [2.24, 2.45) is 0 Å². The fourth-order valence-corrected chi connectivity index (χ4v) is 1.88. The summed E-state index contributed by atoms with van der Waals surface area (Å²) in [5, 5.41) is 0.255. The van der Waals surface area contributed by atoms with Crippen LogP contribution in [0.1, 0.15) is 29.6 Å². The van der Waals surface area contributed by atoms with Gasteiger partial charge in [-0.1, -0.05) is 27.5 Å². The van der Waals surface area contributed by atoms with Gasteiger partial charge in [0.25, 0.3) is 0 Å². The van der Waals surface area contributed by atoms with Gasteiger partial charge in [0.1, 0.15) is 0 Å². The van der Waals surface area contributed by atoms with Crippen LogP contribution in [0.3, 0.4) is 0 Å². The van der Waals surface area contributed by atoms with Gasteiger partial charge in [0.05, 0.1) is 5.02 Å². The summed E-state index contributed by atoms with van der Waals surface area (Å²) in [6.07, 6.45) is -5.55. The molecule has 0 aromatic heterocycles. The molecule has 6 heteroatoms. The monoisotopic (exact) mass is 328 g/mol. The fourth-order valence-electron chi connectivity index (χ4n) is 1.30. The Kier molecular flexibility index (Phi) is 5.01. The number of Topliss-reactive ketones (excluding diaryl/α,β-unsaturated/α-hetero) is 1. The van der Waals surface area contributed by atoms with E-state index in [9.17, 15) is 18.0 Å². The van der Waals surface area contributed by atoms with Gasteiger partial charge in [0, 0.05) is 22.9 Å². The molecule has 0 radical (unpaired) electrons. The second-order valence-electron chi connectivity index (χ2n) is 3.52. The molecule has 0 N–H and O–H groups in total. The Hall–Kier alpha value is -0.550. The minimum absolute atomic E-state index is 0.157. The second-order valence-corrected chi connectivity index (χ2v) is 4.84. The normalized spacial score (nSPS) is 11.6. The molecule has 1 rings (SSSR count). The summed E-state index contributed by atoms with van der Waals surface area (Å²) in [6, 6.07) is 4.70. The van der Waals surface area contributed by atoms with Crippen molar-refractivity contribution >= 4 is 33.3 Å². The summed E-state index contributed by atoms with van der Waals surface area (Å²) in [7, 11) is 0. The number of alkyl halides is 3. The van der Waals surface area contributed by atoms with Crippen LogP contribution in [0.5, 0.6) is 0 Å². The second kappa shape index (κ2) is 5.87. The molecular formula is C11H9BrClF3O. The highest BCUT2D eigenvalue weighted by atomic mass is 79.9. The largest absolute Gasteiger partial charge is 0.389 e. The Morgan fingerprint density at radius 3 is 2.59 bits per heavy atom. The number of hydrogen-bond acceptors (Lipinski definition) is 1. The average molecular weight is 330 g/mol. The molecule has 0 amide bonds. The van der Waals surface area contributed by atoms with Crippen LogP contribution in [0.15, 0.2) is 22.7 Å². The van der Waals surface area contributed by atoms with Crippen LogP contribution in [0.25, 0.3) is 0 Å². The third-order valence-corrected chi connectivity index (χ3v) is 2.92. The lowest BCUT2D eigenvalue weighted by Gasteiger charge is -2.06. The van der Waals surface area contributed by atoms with Crippen LogP contribution in [0, 0.1) is 0 Å². The Labute approximate surface area is 110 Å². The lowest BCUT2D eigenvalue weighted by atomic mass is 10.1. The van der Waals surface area contributed by atoms with E-state index in [2.05, 4.69) is 15.9 Å². The van der Waals surface area contributed by atoms with Gasteiger partial charge in [-0.05, 0) is 24.6 Å². The topological polar surface area (TPSA) is 17.1 Å². The van der Waals surface area contributed by atoms with Crippen LogP contribution in [0.2, 0.25) is 5.02 Å². The Balaban J connectivity index is 2.61. The maximum atomic E-state index is 11.9. The number of ketones is 1. The van der Waals surface area contributed by atoms with Gasteiger partial charge in [0.15, 0.2) is 5.78 Å². The number of hydrogen-bond donors (Lipinski definition) is 0. The van der Waals surface area contributed by atoms with E-state index in [4.69, 9.17) is 11.6 Å². The van der Waals surface area contributed by atoms with Crippen molar-refractivity contribution in [2.45, 2.75) is 25.4 Å². The number of halogens is 5. The van der Waals surface area contributed by atoms with Gasteiger partial charge < -0.3 is 0 Å². The standard InChI is InChI=1S/C11H9BrClF3O/c12-7-3-4-9(13)8(6-7)10(17)2-1-5-11(14,15)16/h3-4,6H,1-2,5H2. The quantitative estimate of drug-likeness (QED) is 0.709. The van der Waals surface area contributed by atoms with E-state index in [0.29, 0.717) is 4.47 Å². The van der Waals surface area contributed by atoms with Gasteiger partial charge in [-0.2, -0.15) is 13.2 Å². The van der Waals surface area contributed by atoms with E-state index in [1.165, 1.54) is 12.1 Å². The van der Waals surface area contributed by atoms with E-state index in [0.717, 1.165) is 0 Å². The third-order valence-electron chi connectivity index (χ3n) is 2.09. The van der Waals surface area contributed by atoms with Gasteiger partial charge in [0.2, 0.25) is 0 Å². The Bertz CT molecular complexity index is 418. The van der Waals surface area contributed by atoms with Crippen molar-refractivity contribution in [1.82, 2.24) is 0 Å². The molecule has 0 unspecified atom stereocenters. The van der Waals surface area contributed by atoms with Gasteiger partial charge in [-0.15, -0.1) is 0 Å². The molecule has 0 aliphatic carbocycles. The lowest BCUT2D eigenvalue weighted by Crippen LogP contribution is -2.08. The molecule has 17 heavy (non-hydrogen) atoms. The van der Waals surface area contributed by atoms with E-state index in [-0.39, 0.29) is 29.2 Å². The molecule has 94 valence electrons. The van der Waals surface area contributed by atoms with Gasteiger partial charge >= 0.3 is 6.18 Å². The van der Waals surface area contributed by atoms with Crippen molar-refractivity contribution in [3.05, 3.63) is 33.3 Å². The predicted molar refractivity (Wildman–Crippen MR) is 63.4 cm³/mol. The summed E-state index contributed by atoms with van der Waals surface area (Å²) >= 11 is 8.97. The molecular weight excluding hydrogens is 320 g/mol. The van der Waals surface area contributed by atoms with Crippen molar-refractivity contribution in [1.29, 1.82) is 0 Å². The van der Waals surface area contributed by atoms with Crippen LogP contribution in [-0.2, 0) is 0 Å². The van der Waals surface area contributed by atoms with Crippen molar-refractivity contribution in [2.75, 3.05) is 0 Å². The third kappa shape index (κ3) is 5.08. The van der Waals surface area contributed by atoms with Crippen LogP contribution in [-0.4, -0.2) is 12.0 Å². The molecule has 1 aromatic carbocycles. The summed E-state index contributed by atoms with van der Waals surface area (Å²) in [6.45, 7) is 0. The Morgan fingerprint density at radius 2 is 2.00 bits per heavy atom. The molecule has 1 nitrogen and oxygen atoms in total. The van der Waals surface area contributed by atoms with E-state index < -0.39 is 12.6 Å². The lowest BCUT2D eigenvalue weighted by molar-refractivity contribution is -0.135. The first-order chi connectivity index (χ1) is 7.79. The maximum absolute atomic E-state index is 11.9. The highest BCUT2D eigenvalue weighted by Gasteiger charge is 2.26. The van der Waals surface area contributed by atoms with Gasteiger partial charge in [-0.25, -0.2) is 0 Å². The molecule has 0 atom stereocenters. The highest BCUT2D eigenvalue weighted by Crippen LogP contribution is 2.25. The van der Waals surface area contributed by atoms with Crippen LogP contribution < -0.4 is 0 Å². The molecule has 0 spiro atoms. The molecule has 0 saturated carbocycles. The summed E-state index contributed by atoms with van der Waals surface area (Å²) in [5.41, 5.74) is 0.253. The Morgan fingerprint density at radius 1 is 1.35 bits per heavy atom. The predicted octanol–water partition coefficient (Wildman–Crippen LogP) is 5.02. The zero-order valence-corrected chi connectivity index (χ0v) is 11.0. The van der Waals surface area contributed by atoms with Gasteiger partial charge in [-0.3, -0.25) is 4.79 Å². The maximum Gasteiger partial charge on any atom is 0.389 e. The van der Waals surface area contributed by atoms with E-state index in [1.54, 1.807) is 6.07 Å². The molecule has 0 heterocycles. The zero-order valence-electron chi connectivity index (χ0n) is 8.65. The van der Waals surface area contributed by atoms with Crippen LogP contribution in [0.4, 0.5) is 13.2 Å². The number of carbonyl (C=O) groups excluding carboxylic acids is 1. The average Bonchev–Trinajstić information content (AvgIpc) is 2.19. The number of carbonyl (C=O) groups is 1. The number of rotatable bonds is 4. The number of benzene rings is 1. The minimum Gasteiger partial charge on any atom is -0.294 e.